The third-order valence-electron chi connectivity index (χ3n) is 3.59. The monoisotopic (exact) mass is 396 g/mol. The number of aryl methyl sites for hydroxylation is 2. The minimum absolute atomic E-state index is 0.190. The number of hydrogen-bond donors (Lipinski definition) is 1. The molecule has 5 heteroatoms. The Kier molecular flexibility index (Phi) is 5.14. The number of pyridine rings is 1. The van der Waals surface area contributed by atoms with Crippen LogP contribution in [-0.2, 0) is 0 Å². The molecule has 0 aliphatic carbocycles. The van der Waals surface area contributed by atoms with Gasteiger partial charge in [0.15, 0.2) is 0 Å². The van der Waals surface area contributed by atoms with E-state index in [0.717, 1.165) is 15.9 Å². The molecule has 25 heavy (non-hydrogen) atoms. The van der Waals surface area contributed by atoms with Crippen molar-refractivity contribution in [3.05, 3.63) is 82.1 Å². The number of anilines is 1. The summed E-state index contributed by atoms with van der Waals surface area (Å²) in [4.78, 5) is 16.8. The summed E-state index contributed by atoms with van der Waals surface area (Å²) in [7, 11) is 0. The molecule has 0 atom stereocenters. The van der Waals surface area contributed by atoms with Gasteiger partial charge in [-0.3, -0.25) is 9.78 Å². The van der Waals surface area contributed by atoms with Gasteiger partial charge in [-0.05, 0) is 56.3 Å². The highest BCUT2D eigenvalue weighted by Gasteiger charge is 2.11. The van der Waals surface area contributed by atoms with Crippen LogP contribution >= 0.6 is 15.9 Å². The summed E-state index contributed by atoms with van der Waals surface area (Å²) in [5, 5.41) is 2.89. The summed E-state index contributed by atoms with van der Waals surface area (Å²) in [6, 6.07) is 18.5. The molecular weight excluding hydrogens is 380 g/mol. The van der Waals surface area contributed by atoms with E-state index in [-0.39, 0.29) is 5.91 Å². The summed E-state index contributed by atoms with van der Waals surface area (Å²) in [5.41, 5.74) is 2.82. The molecule has 0 aliphatic heterocycles. The van der Waals surface area contributed by atoms with Crippen molar-refractivity contribution >= 4 is 27.5 Å². The van der Waals surface area contributed by atoms with Gasteiger partial charge in [0, 0.05) is 21.9 Å². The summed E-state index contributed by atoms with van der Waals surface area (Å²) >= 11 is 3.42. The lowest BCUT2D eigenvalue weighted by Gasteiger charge is -2.10. The molecule has 0 unspecified atom stereocenters. The van der Waals surface area contributed by atoms with E-state index in [1.165, 1.54) is 0 Å². The van der Waals surface area contributed by atoms with E-state index in [1.807, 2.05) is 62.4 Å². The first-order chi connectivity index (χ1) is 12.0. The molecular formula is C20H17BrN2O2. The molecule has 0 radical (unpaired) electrons. The number of ether oxygens (including phenoxy) is 1. The first-order valence-electron chi connectivity index (χ1n) is 7.80. The van der Waals surface area contributed by atoms with Gasteiger partial charge in [-0.1, -0.05) is 28.1 Å². The normalized spacial score (nSPS) is 10.4. The third kappa shape index (κ3) is 4.45. The maximum Gasteiger partial charge on any atom is 0.257 e. The fourth-order valence-electron chi connectivity index (χ4n) is 2.43. The van der Waals surface area contributed by atoms with Gasteiger partial charge in [-0.2, -0.15) is 0 Å². The Labute approximate surface area is 155 Å². The van der Waals surface area contributed by atoms with Crippen molar-refractivity contribution in [2.24, 2.45) is 0 Å². The maximum atomic E-state index is 12.5. The molecule has 3 rings (SSSR count). The zero-order chi connectivity index (χ0) is 17.8. The topological polar surface area (TPSA) is 51.2 Å². The number of halogens is 1. The van der Waals surface area contributed by atoms with Crippen molar-refractivity contribution in [3.8, 4) is 11.5 Å². The maximum absolute atomic E-state index is 12.5. The van der Waals surface area contributed by atoms with Crippen molar-refractivity contribution < 1.29 is 9.53 Å². The molecule has 126 valence electrons. The first kappa shape index (κ1) is 17.2. The van der Waals surface area contributed by atoms with Gasteiger partial charge in [0.2, 0.25) is 0 Å². The SMILES string of the molecule is Cc1ccc(C(=O)Nc2cccc(Oc3cccc(Br)c3)c2)c(C)n1. The second kappa shape index (κ2) is 7.49. The molecule has 0 saturated carbocycles. The standard InChI is InChI=1S/C20H17BrN2O2/c1-13-9-10-19(14(2)22-13)20(24)23-16-6-4-8-18(12-16)25-17-7-3-5-15(21)11-17/h3-12H,1-2H3,(H,23,24). The smallest absolute Gasteiger partial charge is 0.257 e. The number of hydrogen-bond acceptors (Lipinski definition) is 3. The second-order valence-corrected chi connectivity index (χ2v) is 6.54. The minimum atomic E-state index is -0.190. The first-order valence-corrected chi connectivity index (χ1v) is 8.59. The molecule has 2 aromatic carbocycles. The lowest BCUT2D eigenvalue weighted by molar-refractivity contribution is 0.102. The molecule has 0 bridgehead atoms. The molecule has 0 saturated heterocycles. The molecule has 0 aliphatic rings. The lowest BCUT2D eigenvalue weighted by Crippen LogP contribution is -2.14. The Hall–Kier alpha value is -2.66. The van der Waals surface area contributed by atoms with E-state index < -0.39 is 0 Å². The van der Waals surface area contributed by atoms with Gasteiger partial charge in [0.05, 0.1) is 11.3 Å². The van der Waals surface area contributed by atoms with Crippen LogP contribution in [0, 0.1) is 13.8 Å². The Morgan fingerprint density at radius 3 is 2.44 bits per heavy atom. The molecule has 1 amide bonds. The molecule has 1 heterocycles. The number of rotatable bonds is 4. The molecule has 0 fully saturated rings. The molecule has 3 aromatic rings. The zero-order valence-electron chi connectivity index (χ0n) is 13.9. The van der Waals surface area contributed by atoms with Crippen molar-refractivity contribution in [2.75, 3.05) is 5.32 Å². The van der Waals surface area contributed by atoms with Gasteiger partial charge in [0.25, 0.3) is 5.91 Å². The molecule has 0 spiro atoms. The van der Waals surface area contributed by atoms with Gasteiger partial charge in [-0.25, -0.2) is 0 Å². The second-order valence-electron chi connectivity index (χ2n) is 5.63. The number of nitrogens with zero attached hydrogens (tertiary/aromatic N) is 1. The highest BCUT2D eigenvalue weighted by Crippen LogP contribution is 2.26. The van der Waals surface area contributed by atoms with E-state index in [9.17, 15) is 4.79 Å². The third-order valence-corrected chi connectivity index (χ3v) is 4.09. The van der Waals surface area contributed by atoms with Crippen LogP contribution < -0.4 is 10.1 Å². The van der Waals surface area contributed by atoms with Crippen LogP contribution in [0.1, 0.15) is 21.7 Å². The van der Waals surface area contributed by atoms with Crippen LogP contribution in [-0.4, -0.2) is 10.9 Å². The summed E-state index contributed by atoms with van der Waals surface area (Å²) in [6.45, 7) is 3.73. The van der Waals surface area contributed by atoms with Crippen molar-refractivity contribution in [2.45, 2.75) is 13.8 Å². The number of carbonyl (C=O) groups excluding carboxylic acids is 1. The fourth-order valence-corrected chi connectivity index (χ4v) is 2.81. The van der Waals surface area contributed by atoms with Gasteiger partial charge in [0.1, 0.15) is 11.5 Å². The fraction of sp³-hybridized carbons (Fsp3) is 0.100. The Morgan fingerprint density at radius 2 is 1.72 bits per heavy atom. The zero-order valence-corrected chi connectivity index (χ0v) is 15.5. The highest BCUT2D eigenvalue weighted by atomic mass is 79.9. The van der Waals surface area contributed by atoms with Crippen LogP contribution in [0.15, 0.2) is 65.1 Å². The van der Waals surface area contributed by atoms with Gasteiger partial charge >= 0.3 is 0 Å². The Bertz CT molecular complexity index is 925. The number of carbonyl (C=O) groups is 1. The van der Waals surface area contributed by atoms with Crippen LogP contribution in [0.4, 0.5) is 5.69 Å². The molecule has 4 nitrogen and oxygen atoms in total. The molecule has 1 N–H and O–H groups in total. The van der Waals surface area contributed by atoms with Crippen molar-refractivity contribution in [1.29, 1.82) is 0 Å². The minimum Gasteiger partial charge on any atom is -0.457 e. The number of aromatic nitrogens is 1. The van der Waals surface area contributed by atoms with Crippen molar-refractivity contribution in [1.82, 2.24) is 4.98 Å². The van der Waals surface area contributed by atoms with Crippen molar-refractivity contribution in [3.63, 3.8) is 0 Å². The summed E-state index contributed by atoms with van der Waals surface area (Å²) < 4.78 is 6.77. The van der Waals surface area contributed by atoms with E-state index >= 15 is 0 Å². The highest BCUT2D eigenvalue weighted by molar-refractivity contribution is 9.10. The Balaban J connectivity index is 1.76. The van der Waals surface area contributed by atoms with Crippen LogP contribution in [0.3, 0.4) is 0 Å². The van der Waals surface area contributed by atoms with Gasteiger partial charge < -0.3 is 10.1 Å². The summed E-state index contributed by atoms with van der Waals surface area (Å²) in [6.07, 6.45) is 0. The lowest BCUT2D eigenvalue weighted by atomic mass is 10.1. The quantitative estimate of drug-likeness (QED) is 0.632. The molecule has 1 aromatic heterocycles. The number of benzene rings is 2. The van der Waals surface area contributed by atoms with Crippen LogP contribution in [0.25, 0.3) is 0 Å². The predicted octanol–water partition coefficient (Wildman–Crippen LogP) is 5.51. The van der Waals surface area contributed by atoms with E-state index in [1.54, 1.807) is 12.1 Å². The van der Waals surface area contributed by atoms with Gasteiger partial charge in [-0.15, -0.1) is 0 Å². The van der Waals surface area contributed by atoms with Crippen LogP contribution in [0.5, 0.6) is 11.5 Å². The Morgan fingerprint density at radius 1 is 1.00 bits per heavy atom. The number of amides is 1. The number of nitrogens with one attached hydrogen (secondary N) is 1. The van der Waals surface area contributed by atoms with E-state index in [0.29, 0.717) is 22.7 Å². The van der Waals surface area contributed by atoms with E-state index in [4.69, 9.17) is 4.74 Å². The average Bonchev–Trinajstić information content (AvgIpc) is 2.55. The predicted molar refractivity (Wildman–Crippen MR) is 102 cm³/mol. The van der Waals surface area contributed by atoms with E-state index in [2.05, 4.69) is 26.2 Å². The largest absolute Gasteiger partial charge is 0.457 e. The summed E-state index contributed by atoms with van der Waals surface area (Å²) in [5.74, 6) is 1.18. The van der Waals surface area contributed by atoms with Crippen LogP contribution in [0.2, 0.25) is 0 Å². The average molecular weight is 397 g/mol.